The van der Waals surface area contributed by atoms with E-state index >= 15 is 0 Å². The van der Waals surface area contributed by atoms with Crippen molar-refractivity contribution < 1.29 is 32.6 Å². The first-order valence-electron chi connectivity index (χ1n) is 11.6. The van der Waals surface area contributed by atoms with Gasteiger partial charge >= 0.3 is 0 Å². The van der Waals surface area contributed by atoms with Crippen LogP contribution in [0.25, 0.3) is 0 Å². The molecule has 2 amide bonds. The van der Waals surface area contributed by atoms with Gasteiger partial charge in [-0.05, 0) is 37.1 Å². The van der Waals surface area contributed by atoms with Crippen LogP contribution in [0.3, 0.4) is 0 Å². The van der Waals surface area contributed by atoms with Crippen LogP contribution >= 0.6 is 11.3 Å². The van der Waals surface area contributed by atoms with Crippen LogP contribution in [0.5, 0.6) is 17.2 Å². The number of thiazole rings is 1. The molecule has 37 heavy (non-hydrogen) atoms. The van der Waals surface area contributed by atoms with Crippen molar-refractivity contribution in [1.82, 2.24) is 9.88 Å². The summed E-state index contributed by atoms with van der Waals surface area (Å²) < 4.78 is 43.5. The number of rotatable bonds is 7. The number of amides is 2. The molecule has 4 rings (SSSR count). The number of hydrogen-bond donors (Lipinski definition) is 0. The lowest BCUT2D eigenvalue weighted by Crippen LogP contribution is -2.38. The van der Waals surface area contributed by atoms with Crippen LogP contribution in [-0.4, -0.2) is 63.2 Å². The van der Waals surface area contributed by atoms with Crippen LogP contribution < -0.4 is 19.1 Å². The lowest BCUT2D eigenvalue weighted by Gasteiger charge is -2.31. The Morgan fingerprint density at radius 2 is 1.73 bits per heavy atom. The number of nitrogens with zero attached hydrogens (tertiary/aromatic N) is 3. The zero-order chi connectivity index (χ0) is 26.7. The van der Waals surface area contributed by atoms with E-state index in [2.05, 4.69) is 4.98 Å². The normalized spacial score (nSPS) is 13.8. The van der Waals surface area contributed by atoms with E-state index in [9.17, 15) is 18.4 Å². The van der Waals surface area contributed by atoms with Crippen LogP contribution in [0.4, 0.5) is 14.5 Å². The molecule has 1 aromatic heterocycles. The summed E-state index contributed by atoms with van der Waals surface area (Å²) in [6.45, 7) is 1.01. The van der Waals surface area contributed by atoms with Crippen LogP contribution in [-0.2, 0) is 0 Å². The molecule has 0 N–H and O–H groups in total. The minimum absolute atomic E-state index is 0.0293. The Morgan fingerprint density at radius 1 is 1.03 bits per heavy atom. The summed E-state index contributed by atoms with van der Waals surface area (Å²) in [6, 6.07) is 6.38. The van der Waals surface area contributed by atoms with Gasteiger partial charge in [0, 0.05) is 37.5 Å². The van der Waals surface area contributed by atoms with Gasteiger partial charge in [0.05, 0.1) is 37.6 Å². The first kappa shape index (κ1) is 26.3. The summed E-state index contributed by atoms with van der Waals surface area (Å²) in [7, 11) is 5.90. The molecule has 0 spiro atoms. The van der Waals surface area contributed by atoms with Gasteiger partial charge in [0.2, 0.25) is 5.75 Å². The van der Waals surface area contributed by atoms with Crippen molar-refractivity contribution in [2.24, 2.45) is 0 Å². The van der Waals surface area contributed by atoms with Crippen LogP contribution in [0.15, 0.2) is 35.7 Å². The fourth-order valence-electron chi connectivity index (χ4n) is 4.38. The van der Waals surface area contributed by atoms with Crippen LogP contribution in [0, 0.1) is 11.6 Å². The van der Waals surface area contributed by atoms with Gasteiger partial charge in [-0.15, -0.1) is 11.3 Å². The largest absolute Gasteiger partial charge is 0.493 e. The zero-order valence-corrected chi connectivity index (χ0v) is 21.7. The first-order valence-corrected chi connectivity index (χ1v) is 12.4. The highest BCUT2D eigenvalue weighted by Crippen LogP contribution is 2.41. The molecule has 196 valence electrons. The van der Waals surface area contributed by atoms with Gasteiger partial charge < -0.3 is 24.0 Å². The van der Waals surface area contributed by atoms with Gasteiger partial charge in [0.15, 0.2) is 11.5 Å². The molecule has 2 aromatic carbocycles. The fourth-order valence-corrected chi connectivity index (χ4v) is 5.34. The summed E-state index contributed by atoms with van der Waals surface area (Å²) in [5.41, 5.74) is 0.551. The number of aromatic nitrogens is 1. The van der Waals surface area contributed by atoms with Crippen molar-refractivity contribution in [1.29, 1.82) is 0 Å². The summed E-state index contributed by atoms with van der Waals surface area (Å²) in [5, 5.41) is 2.42. The minimum Gasteiger partial charge on any atom is -0.493 e. The quantitative estimate of drug-likeness (QED) is 0.438. The van der Waals surface area contributed by atoms with Gasteiger partial charge in [-0.3, -0.25) is 9.59 Å². The number of halogens is 2. The van der Waals surface area contributed by atoms with E-state index in [4.69, 9.17) is 14.2 Å². The maximum Gasteiger partial charge on any atom is 0.277 e. The van der Waals surface area contributed by atoms with E-state index in [0.29, 0.717) is 48.7 Å². The molecule has 0 atom stereocenters. The van der Waals surface area contributed by atoms with Crippen molar-refractivity contribution >= 4 is 28.8 Å². The molecule has 1 aliphatic rings. The molecule has 0 radical (unpaired) electrons. The number of ether oxygens (including phenoxy) is 3. The number of benzene rings is 2. The summed E-state index contributed by atoms with van der Waals surface area (Å²) in [5.74, 6) is -0.973. The molecule has 8 nitrogen and oxygen atoms in total. The van der Waals surface area contributed by atoms with E-state index in [1.54, 1.807) is 22.4 Å². The molecule has 1 aliphatic heterocycles. The lowest BCUT2D eigenvalue weighted by molar-refractivity contribution is 0.0708. The Balaban J connectivity index is 1.43. The molecular formula is C26H27F2N3O5S. The number of carbonyl (C=O) groups is 2. The van der Waals surface area contributed by atoms with Crippen molar-refractivity contribution in [3.8, 4) is 17.2 Å². The molecule has 0 bridgehead atoms. The minimum atomic E-state index is -0.825. The maximum atomic E-state index is 14.1. The fraction of sp³-hybridized carbons (Fsp3) is 0.346. The number of likely N-dealkylation sites (tertiary alicyclic amines) is 1. The third-order valence-electron chi connectivity index (χ3n) is 6.38. The average molecular weight is 532 g/mol. The highest BCUT2D eigenvalue weighted by Gasteiger charge is 2.30. The zero-order valence-electron chi connectivity index (χ0n) is 20.9. The number of piperidine rings is 1. The van der Waals surface area contributed by atoms with Crippen LogP contribution in [0.1, 0.15) is 44.6 Å². The number of methoxy groups -OCH3 is 3. The molecule has 11 heteroatoms. The Hall–Kier alpha value is -3.73. The Morgan fingerprint density at radius 3 is 2.35 bits per heavy atom. The molecule has 0 aliphatic carbocycles. The monoisotopic (exact) mass is 531 g/mol. The smallest absolute Gasteiger partial charge is 0.277 e. The topological polar surface area (TPSA) is 81.2 Å². The predicted octanol–water partition coefficient (Wildman–Crippen LogP) is 4.74. The third-order valence-corrected chi connectivity index (χ3v) is 7.39. The van der Waals surface area contributed by atoms with Gasteiger partial charge in [-0.2, -0.15) is 0 Å². The highest BCUT2D eigenvalue weighted by molar-refractivity contribution is 7.10. The Kier molecular flexibility index (Phi) is 7.91. The highest BCUT2D eigenvalue weighted by atomic mass is 32.1. The summed E-state index contributed by atoms with van der Waals surface area (Å²) >= 11 is 1.36. The van der Waals surface area contributed by atoms with Gasteiger partial charge in [0.25, 0.3) is 11.8 Å². The van der Waals surface area contributed by atoms with Gasteiger partial charge in [0.1, 0.15) is 17.3 Å². The van der Waals surface area contributed by atoms with E-state index < -0.39 is 17.5 Å². The average Bonchev–Trinajstić information content (AvgIpc) is 3.41. The molecule has 3 aromatic rings. The molecule has 1 fully saturated rings. The standard InChI is InChI=1S/C26H27F2N3O5S/c1-30(20-7-5-16(27)13-18(20)28)26(33)19-14-37-24(29-19)15-9-11-31(12-10-15)25(32)17-6-8-21(34-2)23(36-4)22(17)35-3/h5-8,13-15H,9-12H2,1-4H3. The summed E-state index contributed by atoms with van der Waals surface area (Å²) in [4.78, 5) is 33.5. The molecule has 2 heterocycles. The van der Waals surface area contributed by atoms with E-state index in [1.807, 2.05) is 0 Å². The van der Waals surface area contributed by atoms with Crippen molar-refractivity contribution in [2.45, 2.75) is 18.8 Å². The number of hydrogen-bond acceptors (Lipinski definition) is 7. The SMILES string of the molecule is COc1ccc(C(=O)N2CCC(c3nc(C(=O)N(C)c4ccc(F)cc4F)cs3)CC2)c(OC)c1OC. The van der Waals surface area contributed by atoms with E-state index in [-0.39, 0.29) is 23.2 Å². The van der Waals surface area contributed by atoms with Crippen molar-refractivity contribution in [3.63, 3.8) is 0 Å². The van der Waals surface area contributed by atoms with Crippen molar-refractivity contribution in [3.05, 3.63) is 63.6 Å². The second-order valence-corrected chi connectivity index (χ2v) is 9.37. The van der Waals surface area contributed by atoms with Crippen LogP contribution in [0.2, 0.25) is 0 Å². The van der Waals surface area contributed by atoms with Gasteiger partial charge in [-0.1, -0.05) is 0 Å². The van der Waals surface area contributed by atoms with E-state index in [1.165, 1.54) is 45.8 Å². The molecule has 0 saturated carbocycles. The molecule has 1 saturated heterocycles. The second-order valence-electron chi connectivity index (χ2n) is 8.48. The van der Waals surface area contributed by atoms with E-state index in [0.717, 1.165) is 22.0 Å². The summed E-state index contributed by atoms with van der Waals surface area (Å²) in [6.07, 6.45) is 1.34. The maximum absolute atomic E-state index is 14.1. The first-order chi connectivity index (χ1) is 17.8. The second kappa shape index (κ2) is 11.1. The Labute approximate surface area is 217 Å². The molecule has 0 unspecified atom stereocenters. The predicted molar refractivity (Wildman–Crippen MR) is 135 cm³/mol. The van der Waals surface area contributed by atoms with Gasteiger partial charge in [-0.25, -0.2) is 13.8 Å². The number of carbonyl (C=O) groups excluding carboxylic acids is 2. The molecular weight excluding hydrogens is 504 g/mol. The Bertz CT molecular complexity index is 1310. The van der Waals surface area contributed by atoms with Crippen molar-refractivity contribution in [2.75, 3.05) is 46.4 Å². The third kappa shape index (κ3) is 5.22. The lowest BCUT2D eigenvalue weighted by atomic mass is 9.96. The number of anilines is 1.